The Labute approximate surface area is 48.6 Å². The van der Waals surface area contributed by atoms with Crippen LogP contribution in [0.1, 0.15) is 6.92 Å². The lowest BCUT2D eigenvalue weighted by molar-refractivity contribution is -0.129. The molecule has 1 atom stereocenters. The van der Waals surface area contributed by atoms with E-state index in [2.05, 4.69) is 4.74 Å². The summed E-state index contributed by atoms with van der Waals surface area (Å²) in [5.41, 5.74) is 0. The molecule has 0 fully saturated rings. The van der Waals surface area contributed by atoms with E-state index in [1.807, 2.05) is 0 Å². The van der Waals surface area contributed by atoms with E-state index in [4.69, 9.17) is 4.74 Å². The van der Waals surface area contributed by atoms with Crippen molar-refractivity contribution in [2.45, 2.75) is 13.2 Å². The van der Waals surface area contributed by atoms with Crippen LogP contribution in [0.5, 0.6) is 0 Å². The Bertz CT molecular complexity index is 45.7. The Hall–Kier alpha value is -0.150. The van der Waals surface area contributed by atoms with Crippen molar-refractivity contribution in [1.82, 2.24) is 0 Å². The Morgan fingerprint density at radius 3 is 2.38 bits per heavy atom. The van der Waals surface area contributed by atoms with E-state index in [1.54, 1.807) is 6.92 Å². The summed E-state index contributed by atoms with van der Waals surface area (Å²) >= 11 is 0. The molecule has 8 heavy (non-hydrogen) atoms. The van der Waals surface area contributed by atoms with Gasteiger partial charge in [-0.3, -0.25) is 0 Å². The fraction of sp³-hybridized carbons (Fsp3) is 1.00. The smallest absolute Gasteiger partial charge is 0.185 e. The first-order valence-corrected chi connectivity index (χ1v) is 2.55. The maximum atomic E-state index is 11.6. The monoisotopic (exact) mass is 122 g/mol. The van der Waals surface area contributed by atoms with E-state index in [0.717, 1.165) is 0 Å². The van der Waals surface area contributed by atoms with Gasteiger partial charge in [0.15, 0.2) is 6.29 Å². The summed E-state index contributed by atoms with van der Waals surface area (Å²) in [6.07, 6.45) is -0.667. The number of ether oxygens (including phenoxy) is 2. The maximum Gasteiger partial charge on any atom is 0.185 e. The van der Waals surface area contributed by atoms with Crippen LogP contribution in [0, 0.1) is 0 Å². The zero-order valence-corrected chi connectivity index (χ0v) is 5.19. The van der Waals surface area contributed by atoms with Crippen molar-refractivity contribution in [2.24, 2.45) is 0 Å². The summed E-state index contributed by atoms with van der Waals surface area (Å²) in [7, 11) is 1.42. The minimum atomic E-state index is -0.667. The summed E-state index contributed by atoms with van der Waals surface area (Å²) in [5, 5.41) is 0. The minimum absolute atomic E-state index is 0.489. The minimum Gasteiger partial charge on any atom is -0.353 e. The highest BCUT2D eigenvalue weighted by Crippen LogP contribution is 1.91. The number of rotatable bonds is 4. The standard InChI is InChI=1S/C5H11FO2/c1-3-8-5(4-6)7-2/h5H,3-4H2,1-2H3. The van der Waals surface area contributed by atoms with Crippen LogP contribution in [0.15, 0.2) is 0 Å². The van der Waals surface area contributed by atoms with E-state index in [9.17, 15) is 4.39 Å². The molecule has 0 spiro atoms. The molecule has 0 amide bonds. The van der Waals surface area contributed by atoms with Crippen molar-refractivity contribution in [3.8, 4) is 0 Å². The van der Waals surface area contributed by atoms with Gasteiger partial charge in [0.1, 0.15) is 6.67 Å². The highest BCUT2D eigenvalue weighted by Gasteiger charge is 2.02. The summed E-state index contributed by atoms with van der Waals surface area (Å²) in [4.78, 5) is 0. The molecule has 3 heteroatoms. The van der Waals surface area contributed by atoms with Crippen LogP contribution in [0.3, 0.4) is 0 Å². The van der Waals surface area contributed by atoms with Gasteiger partial charge < -0.3 is 9.47 Å². The van der Waals surface area contributed by atoms with Gasteiger partial charge in [0.2, 0.25) is 0 Å². The maximum absolute atomic E-state index is 11.6. The van der Waals surface area contributed by atoms with Gasteiger partial charge >= 0.3 is 0 Å². The second-order valence-electron chi connectivity index (χ2n) is 1.27. The predicted molar refractivity (Wildman–Crippen MR) is 28.4 cm³/mol. The second-order valence-corrected chi connectivity index (χ2v) is 1.27. The Balaban J connectivity index is 3.07. The van der Waals surface area contributed by atoms with Crippen LogP contribution < -0.4 is 0 Å². The van der Waals surface area contributed by atoms with Crippen LogP contribution in [0.4, 0.5) is 4.39 Å². The van der Waals surface area contributed by atoms with Crippen LogP contribution in [0.25, 0.3) is 0 Å². The van der Waals surface area contributed by atoms with Crippen molar-refractivity contribution < 1.29 is 13.9 Å². The topological polar surface area (TPSA) is 18.5 Å². The Morgan fingerprint density at radius 2 is 2.25 bits per heavy atom. The highest BCUT2D eigenvalue weighted by atomic mass is 19.1. The molecule has 0 aromatic heterocycles. The predicted octanol–water partition coefficient (Wildman–Crippen LogP) is 0.965. The molecule has 0 aliphatic rings. The molecule has 0 radical (unpaired) electrons. The number of alkyl halides is 1. The van der Waals surface area contributed by atoms with Gasteiger partial charge in [-0.25, -0.2) is 4.39 Å². The molecule has 0 rings (SSSR count). The van der Waals surface area contributed by atoms with Gasteiger partial charge in [-0.15, -0.1) is 0 Å². The van der Waals surface area contributed by atoms with E-state index < -0.39 is 13.0 Å². The van der Waals surface area contributed by atoms with E-state index >= 15 is 0 Å². The molecule has 0 saturated heterocycles. The van der Waals surface area contributed by atoms with E-state index in [0.29, 0.717) is 6.61 Å². The molecule has 2 nitrogen and oxygen atoms in total. The Kier molecular flexibility index (Phi) is 4.90. The van der Waals surface area contributed by atoms with Crippen molar-refractivity contribution in [2.75, 3.05) is 20.4 Å². The number of hydrogen-bond donors (Lipinski definition) is 0. The fourth-order valence-corrected chi connectivity index (χ4v) is 0.361. The first-order chi connectivity index (χ1) is 3.85. The Morgan fingerprint density at radius 1 is 1.62 bits per heavy atom. The summed E-state index contributed by atoms with van der Waals surface area (Å²) < 4.78 is 20.9. The zero-order valence-electron chi connectivity index (χ0n) is 5.19. The summed E-state index contributed by atoms with van der Waals surface area (Å²) in [5.74, 6) is 0. The third-order valence-corrected chi connectivity index (χ3v) is 0.741. The van der Waals surface area contributed by atoms with Crippen molar-refractivity contribution in [1.29, 1.82) is 0 Å². The van der Waals surface area contributed by atoms with Crippen LogP contribution >= 0.6 is 0 Å². The quantitative estimate of drug-likeness (QED) is 0.517. The summed E-state index contributed by atoms with van der Waals surface area (Å²) in [6.45, 7) is 1.70. The first-order valence-electron chi connectivity index (χ1n) is 2.55. The lowest BCUT2D eigenvalue weighted by Crippen LogP contribution is -2.16. The lowest BCUT2D eigenvalue weighted by atomic mass is 10.7. The molecular formula is C5H11FO2. The molecule has 0 heterocycles. The molecule has 1 unspecified atom stereocenters. The van der Waals surface area contributed by atoms with Gasteiger partial charge in [0.05, 0.1) is 0 Å². The zero-order chi connectivity index (χ0) is 6.41. The molecule has 0 aliphatic heterocycles. The average Bonchev–Trinajstić information content (AvgIpc) is 1.83. The normalized spacial score (nSPS) is 13.9. The highest BCUT2D eigenvalue weighted by molar-refractivity contribution is 4.34. The van der Waals surface area contributed by atoms with Gasteiger partial charge in [0, 0.05) is 13.7 Å². The molecule has 0 N–H and O–H groups in total. The molecule has 0 aromatic carbocycles. The van der Waals surface area contributed by atoms with Gasteiger partial charge in [0.25, 0.3) is 0 Å². The lowest BCUT2D eigenvalue weighted by Gasteiger charge is -2.09. The average molecular weight is 122 g/mol. The van der Waals surface area contributed by atoms with Crippen molar-refractivity contribution in [3.05, 3.63) is 0 Å². The molecule has 50 valence electrons. The van der Waals surface area contributed by atoms with E-state index in [-0.39, 0.29) is 0 Å². The van der Waals surface area contributed by atoms with Gasteiger partial charge in [-0.1, -0.05) is 0 Å². The first kappa shape index (κ1) is 7.85. The van der Waals surface area contributed by atoms with Crippen LogP contribution in [-0.4, -0.2) is 26.7 Å². The molecule has 0 aromatic rings. The third kappa shape index (κ3) is 2.93. The molecule has 0 bridgehead atoms. The molecule has 0 aliphatic carbocycles. The molecular weight excluding hydrogens is 111 g/mol. The fourth-order valence-electron chi connectivity index (χ4n) is 0.361. The largest absolute Gasteiger partial charge is 0.353 e. The van der Waals surface area contributed by atoms with Gasteiger partial charge in [-0.05, 0) is 6.92 Å². The number of hydrogen-bond acceptors (Lipinski definition) is 2. The van der Waals surface area contributed by atoms with Crippen molar-refractivity contribution in [3.63, 3.8) is 0 Å². The number of methoxy groups -OCH3 is 1. The van der Waals surface area contributed by atoms with Crippen LogP contribution in [-0.2, 0) is 9.47 Å². The summed E-state index contributed by atoms with van der Waals surface area (Å²) in [6, 6.07) is 0. The number of halogens is 1. The van der Waals surface area contributed by atoms with E-state index in [1.165, 1.54) is 7.11 Å². The third-order valence-electron chi connectivity index (χ3n) is 0.741. The van der Waals surface area contributed by atoms with Gasteiger partial charge in [-0.2, -0.15) is 0 Å². The molecule has 0 saturated carbocycles. The van der Waals surface area contributed by atoms with Crippen LogP contribution in [0.2, 0.25) is 0 Å². The van der Waals surface area contributed by atoms with Crippen molar-refractivity contribution >= 4 is 0 Å². The SMILES string of the molecule is CCOC(CF)OC. The second kappa shape index (κ2) is 5.00.